The quantitative estimate of drug-likeness (QED) is 0.0152. The molecule has 2 aromatic carbocycles. The molecule has 3 unspecified atom stereocenters. The van der Waals surface area contributed by atoms with Crippen molar-refractivity contribution in [3.8, 4) is 112 Å². The number of nitrogen functional groups attached to an aromatic ring is 7. The van der Waals surface area contributed by atoms with E-state index in [1.54, 1.807) is 112 Å². The van der Waals surface area contributed by atoms with Crippen molar-refractivity contribution in [2.24, 2.45) is 14.1 Å². The van der Waals surface area contributed by atoms with Crippen molar-refractivity contribution in [3.05, 3.63) is 230 Å². The van der Waals surface area contributed by atoms with Gasteiger partial charge in [0, 0.05) is 210 Å². The highest BCUT2D eigenvalue weighted by Gasteiger charge is 2.32. The minimum absolute atomic E-state index is 0.00364. The number of anilines is 7. The first-order valence-corrected chi connectivity index (χ1v) is 56.9. The molecule has 42 heteroatoms. The van der Waals surface area contributed by atoms with Crippen molar-refractivity contribution in [3.63, 3.8) is 0 Å². The number of fused-ring (bicyclic) bond motifs is 5. The Morgan fingerprint density at radius 3 is 1.21 bits per heavy atom. The van der Waals surface area contributed by atoms with Gasteiger partial charge in [-0.05, 0) is 140 Å². The third kappa shape index (κ3) is 23.2. The van der Waals surface area contributed by atoms with Crippen molar-refractivity contribution < 1.29 is 35.5 Å². The summed E-state index contributed by atoms with van der Waals surface area (Å²) in [5, 5.41) is 6.87. The second kappa shape index (κ2) is 47.7. The fourth-order valence-electron chi connectivity index (χ4n) is 16.1. The number of ketones is 1. The Morgan fingerprint density at radius 2 is 0.801 bits per heavy atom. The highest BCUT2D eigenvalue weighted by atomic mass is 32.2. The van der Waals surface area contributed by atoms with Crippen LogP contribution in [-0.4, -0.2) is 157 Å². The van der Waals surface area contributed by atoms with Crippen LogP contribution in [0.25, 0.3) is 163 Å². The molecule has 20 aromatic rings. The molecule has 1 aliphatic rings. The molecule has 14 N–H and O–H groups in total. The molecular weight excluding hydrogens is 2040 g/mol. The predicted molar refractivity (Wildman–Crippen MR) is 596 cm³/mol. The van der Waals surface area contributed by atoms with Gasteiger partial charge in [0.15, 0.2) is 5.78 Å². The summed E-state index contributed by atoms with van der Waals surface area (Å²) in [4.78, 5) is 83.3. The number of ether oxygens (including phenoxy) is 2. The number of imidazole rings is 2. The summed E-state index contributed by atoms with van der Waals surface area (Å²) < 4.78 is 81.6. The smallest absolute Gasteiger partial charge is 0.219 e. The zero-order valence-corrected chi connectivity index (χ0v) is 88.7. The number of pyridine rings is 8. The number of methoxy groups -OCH3 is 2. The number of rotatable bonds is 32. The number of carbonyl (C=O) groups excluding carboxylic acids is 1. The lowest BCUT2D eigenvalue weighted by Crippen LogP contribution is -2.04. The van der Waals surface area contributed by atoms with Gasteiger partial charge in [0.1, 0.15) is 57.6 Å². The largest absolute Gasteiger partial charge is 0.397 e. The number of thiophene rings is 5. The maximum atomic E-state index is 13.5. The molecule has 146 heavy (non-hydrogen) atoms. The Balaban J connectivity index is 0.000000125. The third-order valence-electron chi connectivity index (χ3n) is 23.8. The number of nitrogens with two attached hydrogens (primary N) is 7. The molecule has 0 bridgehead atoms. The van der Waals surface area contributed by atoms with Crippen LogP contribution in [0, 0.1) is 5.82 Å². The number of carbonyl (C=O) groups is 1. The molecule has 1 aliphatic carbocycles. The van der Waals surface area contributed by atoms with E-state index in [1.807, 2.05) is 120 Å². The van der Waals surface area contributed by atoms with E-state index in [-0.39, 0.29) is 23.5 Å². The molecule has 0 radical (unpaired) electrons. The standard InChI is InChI=1S/C23H25N5OS2.C22H21N5O2S.C21H20FN5OS2.C19H19N5O2S2.C19H18N4OS3/c1-3-4-10-31(29)23-20(24)19-16(18-13-26-21(28(18)2)14-7-8-14)11-17(27-22(19)30-23)15-6-5-9-25-12-15;1-29-9-5-8-17(28)20-19(23)18-15(13-6-3-2-4-7-13)10-16(27-21(18)30-20)14-11-25-22(24)26-12-14;1-2-3-8-30(28)20-18(23)17-15(12-4-6-14(22)7-5-12)9-16(27-19(17)29-20)13-10-25-21(24)26-11-13;1-24-11-22-10-15(24)13-8-14(12-4-3-5-21-9-12)23-18-16(13)17(20)19(27-18)28(25)7-6-26-2;1-2-3-9-27(24)19-16(20)15-13(17-22-7-8-25-17)10-14(23-18(15)26-19)12-5-4-6-21-11-12/h5-6,9,11-14H,3-4,7-8,10,24H2,1-2H3;2-4,6-7,10-12H,5,8-9,23H2,1H3,(H2,24,25,26);4-7,9-11H,2-3,8,23H2,1H3,(H2,24,25,26);3-5,8-11H,6-7,20H2,1-2H3;4-8,10-11H,2-3,9,20H2,1H3/t;;30-;;/m..1../s1. The lowest BCUT2D eigenvalue weighted by Gasteiger charge is -2.10. The predicted octanol–water partition coefficient (Wildman–Crippen LogP) is 22.0. The molecule has 18 heterocycles. The SMILES string of the molecule is CCCCS(=O)c1sc2nc(-c3cccnc3)cc(-c3cnc(C4CC4)n3C)c2c1N.CCCCS(=O)c1sc2nc(-c3cccnc3)cc(-c3nccs3)c2c1N.CCCC[S@@](=O)c1sc2nc(-c3cnc(N)nc3)cc(-c3ccc(F)cc3)c2c1N.COCCCC(=O)c1sc2nc(-c3cnc(N)nc3)cc(-c3ccccc3)c2c1N.COCCS(=O)c1sc2nc(-c3cccnc3)cc(-c3cncn3C)c2c1N. The van der Waals surface area contributed by atoms with E-state index >= 15 is 0 Å². The van der Waals surface area contributed by atoms with Gasteiger partial charge < -0.3 is 58.7 Å². The Morgan fingerprint density at radius 1 is 0.404 bits per heavy atom. The lowest BCUT2D eigenvalue weighted by atomic mass is 10.00. The number of thiazole rings is 1. The summed E-state index contributed by atoms with van der Waals surface area (Å²) in [5.74, 6) is 3.90. The summed E-state index contributed by atoms with van der Waals surface area (Å²) in [6.07, 6.45) is 33.4. The Hall–Kier alpha value is -13.6. The average molecular weight is 2140 g/mol. The monoisotopic (exact) mass is 2140 g/mol. The van der Waals surface area contributed by atoms with Gasteiger partial charge in [-0.2, -0.15) is 0 Å². The molecule has 31 nitrogen and oxygen atoms in total. The van der Waals surface area contributed by atoms with Gasteiger partial charge in [-0.15, -0.1) is 68.0 Å². The minimum atomic E-state index is -1.25. The number of benzene rings is 2. The van der Waals surface area contributed by atoms with Crippen molar-refractivity contribution in [1.82, 2.24) is 83.9 Å². The van der Waals surface area contributed by atoms with Crippen LogP contribution in [0.3, 0.4) is 0 Å². The van der Waals surface area contributed by atoms with Crippen LogP contribution in [-0.2, 0) is 66.8 Å². The van der Waals surface area contributed by atoms with Crippen molar-refractivity contribution in [2.75, 3.05) is 90.6 Å². The van der Waals surface area contributed by atoms with Crippen LogP contribution in [0.5, 0.6) is 0 Å². The molecule has 0 spiro atoms. The highest BCUT2D eigenvalue weighted by molar-refractivity contribution is 7.88. The van der Waals surface area contributed by atoms with E-state index in [0.717, 1.165) is 185 Å². The normalized spacial score (nSPS) is 12.7. The van der Waals surface area contributed by atoms with E-state index in [9.17, 15) is 26.0 Å². The van der Waals surface area contributed by atoms with Gasteiger partial charge in [0.25, 0.3) is 0 Å². The summed E-state index contributed by atoms with van der Waals surface area (Å²) in [7, 11) is 2.53. The van der Waals surface area contributed by atoms with Crippen LogP contribution in [0.4, 0.5) is 44.7 Å². The molecule has 1 saturated carbocycles. The zero-order chi connectivity index (χ0) is 102. The molecule has 748 valence electrons. The summed E-state index contributed by atoms with van der Waals surface area (Å²) in [6.45, 7) is 7.19. The number of unbranched alkanes of at least 4 members (excludes halogenated alkanes) is 3. The van der Waals surface area contributed by atoms with Crippen molar-refractivity contribution in [1.29, 1.82) is 0 Å². The third-order valence-corrected chi connectivity index (χ3v) is 37.6. The number of aryl methyl sites for hydroxylation is 1. The van der Waals surface area contributed by atoms with Crippen molar-refractivity contribution in [2.45, 2.75) is 108 Å². The summed E-state index contributed by atoms with van der Waals surface area (Å²) in [5.41, 5.74) is 62.4. The Bertz CT molecular complexity index is 8130. The van der Waals surface area contributed by atoms with Gasteiger partial charge in [0.2, 0.25) is 11.9 Å². The number of hydrogen-bond acceptors (Lipinski definition) is 35. The number of hydrogen-bond donors (Lipinski definition) is 7. The maximum absolute atomic E-state index is 13.5. The lowest BCUT2D eigenvalue weighted by molar-refractivity contribution is 0.0968. The second-order valence-corrected chi connectivity index (χ2v) is 46.8. The molecular formula is C104H103FN24O7S10. The van der Waals surface area contributed by atoms with Gasteiger partial charge >= 0.3 is 0 Å². The van der Waals surface area contributed by atoms with Crippen LogP contribution in [0.1, 0.15) is 106 Å². The maximum Gasteiger partial charge on any atom is 0.219 e. The van der Waals surface area contributed by atoms with Gasteiger partial charge in [0.05, 0.1) is 147 Å². The Labute approximate surface area is 874 Å². The van der Waals surface area contributed by atoms with E-state index in [4.69, 9.17) is 79.5 Å². The molecule has 0 aliphatic heterocycles. The first-order valence-electron chi connectivity index (χ1n) is 46.7. The van der Waals surface area contributed by atoms with Crippen LogP contribution in [0.2, 0.25) is 0 Å². The molecule has 0 amide bonds. The molecule has 4 atom stereocenters. The van der Waals surface area contributed by atoms with Crippen LogP contribution < -0.4 is 40.1 Å². The number of Topliss-reactive ketones (excluding diaryl/α,β-unsaturated/α-hetero) is 1. The molecule has 0 saturated heterocycles. The van der Waals surface area contributed by atoms with Gasteiger partial charge in [-0.1, -0.05) is 82.5 Å². The first-order chi connectivity index (χ1) is 70.9. The zero-order valence-electron chi connectivity index (χ0n) is 80.6. The number of halogens is 1. The van der Waals surface area contributed by atoms with Crippen LogP contribution in [0.15, 0.2) is 230 Å². The van der Waals surface area contributed by atoms with Crippen molar-refractivity contribution >= 4 is 208 Å². The summed E-state index contributed by atoms with van der Waals surface area (Å²) in [6, 6.07) is 37.6. The van der Waals surface area contributed by atoms with Gasteiger partial charge in [-0.3, -0.25) is 36.6 Å². The minimum Gasteiger partial charge on any atom is -0.397 e. The summed E-state index contributed by atoms with van der Waals surface area (Å²) >= 11 is 8.44. The van der Waals surface area contributed by atoms with E-state index < -0.39 is 43.2 Å². The van der Waals surface area contributed by atoms with E-state index in [1.165, 1.54) is 81.7 Å². The number of aromatic nitrogens is 17. The second-order valence-electron chi connectivity index (χ2n) is 33.8. The van der Waals surface area contributed by atoms with Crippen LogP contribution >= 0.6 is 68.0 Å². The fraction of sp³-hybridized carbons (Fsp3) is 0.231. The fourth-order valence-corrected chi connectivity index (χ4v) is 28.8. The van der Waals surface area contributed by atoms with E-state index in [0.29, 0.717) is 128 Å². The number of nitrogens with zero attached hydrogens (tertiary/aromatic N) is 17. The average Bonchev–Trinajstić information content (AvgIpc) is 1.62. The molecule has 21 rings (SSSR count). The van der Waals surface area contributed by atoms with Gasteiger partial charge in [-0.25, -0.2) is 64.2 Å². The molecule has 1 fully saturated rings. The van der Waals surface area contributed by atoms with E-state index in [2.05, 4.69) is 83.3 Å². The molecule has 18 aromatic heterocycles. The highest BCUT2D eigenvalue weighted by Crippen LogP contribution is 2.50. The topological polar surface area (TPSA) is 489 Å². The Kier molecular flexibility index (Phi) is 33.9. The first kappa shape index (κ1) is 104.